The van der Waals surface area contributed by atoms with Gasteiger partial charge in [0.2, 0.25) is 5.89 Å². The molecule has 0 saturated carbocycles. The van der Waals surface area contributed by atoms with Gasteiger partial charge in [-0.25, -0.2) is 9.37 Å². The molecule has 0 unspecified atom stereocenters. The monoisotopic (exact) mass is 398 g/mol. The SMILES string of the molecule is COc1ccc(-c2[nH]ncc2CNCc2nc(-c3cccs3)oc2C)c(F)c1. The van der Waals surface area contributed by atoms with Crippen LogP contribution < -0.4 is 10.1 Å². The Balaban J connectivity index is 1.45. The predicted octanol–water partition coefficient (Wildman–Crippen LogP) is 4.54. The highest BCUT2D eigenvalue weighted by molar-refractivity contribution is 7.13. The number of methoxy groups -OCH3 is 1. The van der Waals surface area contributed by atoms with Gasteiger partial charge >= 0.3 is 0 Å². The average molecular weight is 398 g/mol. The molecule has 3 heterocycles. The summed E-state index contributed by atoms with van der Waals surface area (Å²) >= 11 is 1.59. The van der Waals surface area contributed by atoms with E-state index in [4.69, 9.17) is 9.15 Å². The number of oxazole rings is 1. The maximum absolute atomic E-state index is 14.4. The van der Waals surface area contributed by atoms with Crippen molar-refractivity contribution < 1.29 is 13.5 Å². The van der Waals surface area contributed by atoms with E-state index in [9.17, 15) is 4.39 Å². The number of aryl methyl sites for hydroxylation is 1. The Morgan fingerprint density at radius 3 is 2.93 bits per heavy atom. The second kappa shape index (κ2) is 7.95. The molecule has 0 aliphatic heterocycles. The molecule has 144 valence electrons. The van der Waals surface area contributed by atoms with Crippen LogP contribution >= 0.6 is 11.3 Å². The molecule has 0 fully saturated rings. The molecule has 4 rings (SSSR count). The summed E-state index contributed by atoms with van der Waals surface area (Å²) in [7, 11) is 1.51. The van der Waals surface area contributed by atoms with Gasteiger partial charge in [-0.1, -0.05) is 6.07 Å². The van der Waals surface area contributed by atoms with E-state index < -0.39 is 0 Å². The standard InChI is InChI=1S/C20H19FN4O2S/c1-12-17(24-20(27-12)18-4-3-7-28-18)11-22-9-13-10-23-25-19(13)15-6-5-14(26-2)8-16(15)21/h3-8,10,22H,9,11H2,1-2H3,(H,23,25). The van der Waals surface area contributed by atoms with Crippen molar-refractivity contribution in [3.05, 3.63) is 64.7 Å². The van der Waals surface area contributed by atoms with Crippen LogP contribution in [0.1, 0.15) is 17.0 Å². The van der Waals surface area contributed by atoms with E-state index in [1.165, 1.54) is 13.2 Å². The lowest BCUT2D eigenvalue weighted by molar-refractivity contribution is 0.411. The van der Waals surface area contributed by atoms with Gasteiger partial charge in [0.05, 0.1) is 29.6 Å². The maximum atomic E-state index is 14.4. The molecule has 0 radical (unpaired) electrons. The summed E-state index contributed by atoms with van der Waals surface area (Å²) in [6, 6.07) is 8.71. The summed E-state index contributed by atoms with van der Waals surface area (Å²) < 4.78 is 25.2. The first-order valence-corrected chi connectivity index (χ1v) is 9.60. The van der Waals surface area contributed by atoms with Crippen LogP contribution in [0.4, 0.5) is 4.39 Å². The van der Waals surface area contributed by atoms with Gasteiger partial charge in [0.25, 0.3) is 0 Å². The van der Waals surface area contributed by atoms with E-state index in [1.807, 2.05) is 24.4 Å². The molecule has 0 spiro atoms. The minimum absolute atomic E-state index is 0.363. The number of rotatable bonds is 7. The Morgan fingerprint density at radius 1 is 1.29 bits per heavy atom. The molecule has 3 aromatic heterocycles. The van der Waals surface area contributed by atoms with E-state index in [1.54, 1.807) is 29.7 Å². The molecular weight excluding hydrogens is 379 g/mol. The number of H-pyrrole nitrogens is 1. The van der Waals surface area contributed by atoms with Crippen molar-refractivity contribution in [1.82, 2.24) is 20.5 Å². The average Bonchev–Trinajstić information content (AvgIpc) is 3.43. The number of ether oxygens (including phenoxy) is 1. The lowest BCUT2D eigenvalue weighted by atomic mass is 10.1. The van der Waals surface area contributed by atoms with Crippen molar-refractivity contribution in [3.63, 3.8) is 0 Å². The normalized spacial score (nSPS) is 11.1. The molecule has 28 heavy (non-hydrogen) atoms. The molecular formula is C20H19FN4O2S. The fourth-order valence-electron chi connectivity index (χ4n) is 2.92. The van der Waals surface area contributed by atoms with Crippen molar-refractivity contribution in [3.8, 4) is 27.8 Å². The van der Waals surface area contributed by atoms with Gasteiger partial charge < -0.3 is 14.5 Å². The molecule has 1 aromatic carbocycles. The van der Waals surface area contributed by atoms with Crippen LogP contribution in [-0.4, -0.2) is 22.3 Å². The van der Waals surface area contributed by atoms with Gasteiger partial charge in [-0.05, 0) is 30.5 Å². The van der Waals surface area contributed by atoms with E-state index in [0.717, 1.165) is 21.9 Å². The molecule has 2 N–H and O–H groups in total. The Morgan fingerprint density at radius 2 is 2.18 bits per heavy atom. The van der Waals surface area contributed by atoms with Crippen LogP contribution in [0.5, 0.6) is 5.75 Å². The minimum Gasteiger partial charge on any atom is -0.497 e. The second-order valence-corrected chi connectivity index (χ2v) is 7.17. The molecule has 0 saturated heterocycles. The summed E-state index contributed by atoms with van der Waals surface area (Å²) in [6.45, 7) is 2.95. The summed E-state index contributed by atoms with van der Waals surface area (Å²) in [5, 5.41) is 12.3. The molecule has 0 aliphatic carbocycles. The summed E-state index contributed by atoms with van der Waals surface area (Å²) in [6.07, 6.45) is 1.69. The lowest BCUT2D eigenvalue weighted by Crippen LogP contribution is -2.14. The van der Waals surface area contributed by atoms with Crippen LogP contribution in [0.15, 0.2) is 46.3 Å². The fraction of sp³-hybridized carbons (Fsp3) is 0.200. The number of thiophene rings is 1. The van der Waals surface area contributed by atoms with Gasteiger partial charge in [-0.3, -0.25) is 5.10 Å². The highest BCUT2D eigenvalue weighted by Gasteiger charge is 2.15. The highest BCUT2D eigenvalue weighted by Crippen LogP contribution is 2.28. The fourth-order valence-corrected chi connectivity index (χ4v) is 3.57. The number of hydrogen-bond donors (Lipinski definition) is 2. The number of benzene rings is 1. The summed E-state index contributed by atoms with van der Waals surface area (Å²) in [4.78, 5) is 5.57. The zero-order valence-electron chi connectivity index (χ0n) is 15.5. The van der Waals surface area contributed by atoms with Crippen molar-refractivity contribution in [2.75, 3.05) is 7.11 Å². The van der Waals surface area contributed by atoms with Gasteiger partial charge in [0.15, 0.2) is 0 Å². The molecule has 6 nitrogen and oxygen atoms in total. The number of nitrogens with one attached hydrogen (secondary N) is 2. The molecule has 0 aliphatic rings. The number of aromatic nitrogens is 3. The van der Waals surface area contributed by atoms with Gasteiger partial charge in [0, 0.05) is 30.3 Å². The first-order chi connectivity index (χ1) is 13.7. The van der Waals surface area contributed by atoms with Crippen LogP contribution in [0.25, 0.3) is 22.0 Å². The smallest absolute Gasteiger partial charge is 0.236 e. The van der Waals surface area contributed by atoms with Gasteiger partial charge in [0.1, 0.15) is 17.3 Å². The van der Waals surface area contributed by atoms with Gasteiger partial charge in [-0.15, -0.1) is 11.3 Å². The van der Waals surface area contributed by atoms with E-state index in [2.05, 4.69) is 20.5 Å². The van der Waals surface area contributed by atoms with Crippen LogP contribution in [0.3, 0.4) is 0 Å². The third kappa shape index (κ3) is 3.69. The highest BCUT2D eigenvalue weighted by atomic mass is 32.1. The van der Waals surface area contributed by atoms with Crippen molar-refractivity contribution in [1.29, 1.82) is 0 Å². The third-order valence-corrected chi connectivity index (χ3v) is 5.25. The molecule has 0 atom stereocenters. The van der Waals surface area contributed by atoms with Gasteiger partial charge in [-0.2, -0.15) is 5.10 Å². The second-order valence-electron chi connectivity index (χ2n) is 6.22. The summed E-state index contributed by atoms with van der Waals surface area (Å²) in [5.41, 5.74) is 2.81. The van der Waals surface area contributed by atoms with Crippen LogP contribution in [0, 0.1) is 12.7 Å². The Kier molecular flexibility index (Phi) is 5.23. The minimum atomic E-state index is -0.363. The van der Waals surface area contributed by atoms with E-state index >= 15 is 0 Å². The van der Waals surface area contributed by atoms with E-state index in [-0.39, 0.29) is 5.82 Å². The Hall–Kier alpha value is -2.97. The van der Waals surface area contributed by atoms with Crippen molar-refractivity contribution in [2.45, 2.75) is 20.0 Å². The molecule has 8 heteroatoms. The number of aromatic amines is 1. The Labute approximate surface area is 165 Å². The Bertz CT molecular complexity index is 1070. The molecule has 0 amide bonds. The van der Waals surface area contributed by atoms with Crippen molar-refractivity contribution >= 4 is 11.3 Å². The largest absolute Gasteiger partial charge is 0.497 e. The molecule has 0 bridgehead atoms. The van der Waals surface area contributed by atoms with E-state index in [0.29, 0.717) is 36.0 Å². The first-order valence-electron chi connectivity index (χ1n) is 8.72. The van der Waals surface area contributed by atoms with Crippen LogP contribution in [0.2, 0.25) is 0 Å². The first kappa shape index (κ1) is 18.4. The lowest BCUT2D eigenvalue weighted by Gasteiger charge is -2.07. The zero-order valence-corrected chi connectivity index (χ0v) is 16.3. The quantitative estimate of drug-likeness (QED) is 0.478. The number of halogens is 1. The topological polar surface area (TPSA) is 76.0 Å². The summed E-state index contributed by atoms with van der Waals surface area (Å²) in [5.74, 6) is 1.53. The molecule has 4 aromatic rings. The number of nitrogens with zero attached hydrogens (tertiary/aromatic N) is 2. The zero-order chi connectivity index (χ0) is 19.5. The number of hydrogen-bond acceptors (Lipinski definition) is 6. The maximum Gasteiger partial charge on any atom is 0.236 e. The van der Waals surface area contributed by atoms with Crippen LogP contribution in [-0.2, 0) is 13.1 Å². The predicted molar refractivity (Wildman–Crippen MR) is 106 cm³/mol. The third-order valence-electron chi connectivity index (χ3n) is 4.40. The van der Waals surface area contributed by atoms with Crippen molar-refractivity contribution in [2.24, 2.45) is 0 Å².